The third-order valence-corrected chi connectivity index (χ3v) is 5.55. The van der Waals surface area contributed by atoms with E-state index in [1.165, 1.54) is 0 Å². The number of para-hydroxylation sites is 2. The Bertz CT molecular complexity index is 1280. The summed E-state index contributed by atoms with van der Waals surface area (Å²) in [6, 6.07) is 42.8. The van der Waals surface area contributed by atoms with Crippen LogP contribution in [0, 0.1) is 0 Å². The Morgan fingerprint density at radius 2 is 0.647 bits per heavy atom. The average Bonchev–Trinajstić information content (AvgIpc) is 2.86. The molecule has 4 nitrogen and oxygen atoms in total. The molecule has 5 aromatic rings. The van der Waals surface area contributed by atoms with E-state index in [4.69, 9.17) is 0 Å². The highest BCUT2D eigenvalue weighted by molar-refractivity contribution is 5.83. The summed E-state index contributed by atoms with van der Waals surface area (Å²) in [5, 5.41) is 20.3. The second kappa shape index (κ2) is 9.43. The van der Waals surface area contributed by atoms with Gasteiger partial charge < -0.3 is 20.0 Å². The van der Waals surface area contributed by atoms with Gasteiger partial charge >= 0.3 is 0 Å². The fraction of sp³-hybridized carbons (Fsp3) is 0. The van der Waals surface area contributed by atoms with E-state index in [0.29, 0.717) is 0 Å². The van der Waals surface area contributed by atoms with Crippen LogP contribution in [0.15, 0.2) is 133 Å². The van der Waals surface area contributed by atoms with Crippen molar-refractivity contribution in [1.82, 2.24) is 0 Å². The predicted octanol–water partition coefficient (Wildman–Crippen LogP) is 8.04. The number of rotatable bonds is 6. The summed E-state index contributed by atoms with van der Waals surface area (Å²) in [6.45, 7) is 0. The van der Waals surface area contributed by atoms with Crippen molar-refractivity contribution in [2.24, 2.45) is 0 Å². The molecule has 0 radical (unpaired) electrons. The van der Waals surface area contributed by atoms with Crippen LogP contribution in [-0.4, -0.2) is 10.2 Å². The van der Waals surface area contributed by atoms with Gasteiger partial charge in [-0.3, -0.25) is 0 Å². The van der Waals surface area contributed by atoms with E-state index >= 15 is 0 Å². The molecule has 5 rings (SSSR count). The molecule has 0 unspecified atom stereocenters. The number of aromatic hydroxyl groups is 2. The molecular weight excluding hydrogens is 420 g/mol. The van der Waals surface area contributed by atoms with E-state index in [1.54, 1.807) is 24.3 Å². The first-order valence-corrected chi connectivity index (χ1v) is 11.1. The van der Waals surface area contributed by atoms with Gasteiger partial charge in [0.1, 0.15) is 11.5 Å². The van der Waals surface area contributed by atoms with Crippen LogP contribution in [0.3, 0.4) is 0 Å². The van der Waals surface area contributed by atoms with Gasteiger partial charge in [-0.15, -0.1) is 0 Å². The van der Waals surface area contributed by atoms with Gasteiger partial charge in [0.25, 0.3) is 0 Å². The second-order valence-corrected chi connectivity index (χ2v) is 7.90. The van der Waals surface area contributed by atoms with Crippen molar-refractivity contribution in [1.29, 1.82) is 0 Å². The maximum atomic E-state index is 10.2. The lowest BCUT2D eigenvalue weighted by Gasteiger charge is -2.29. The van der Waals surface area contributed by atoms with Gasteiger partial charge in [0, 0.05) is 46.3 Å². The third kappa shape index (κ3) is 4.43. The third-order valence-electron chi connectivity index (χ3n) is 5.55. The second-order valence-electron chi connectivity index (χ2n) is 7.90. The minimum atomic E-state index is 0.209. The van der Waals surface area contributed by atoms with Crippen LogP contribution < -0.4 is 9.80 Å². The van der Waals surface area contributed by atoms with Crippen molar-refractivity contribution in [3.8, 4) is 11.5 Å². The van der Waals surface area contributed by atoms with Gasteiger partial charge in [-0.25, -0.2) is 0 Å². The summed E-state index contributed by atoms with van der Waals surface area (Å²) in [7, 11) is 0. The van der Waals surface area contributed by atoms with Gasteiger partial charge in [-0.1, -0.05) is 54.6 Å². The number of hydrogen-bond donors (Lipinski definition) is 2. The Balaban J connectivity index is 1.67. The molecule has 0 aromatic heterocycles. The molecular formula is C30H24N2O2. The molecule has 0 spiro atoms. The van der Waals surface area contributed by atoms with Crippen LogP contribution in [0.4, 0.5) is 34.1 Å². The lowest BCUT2D eigenvalue weighted by Crippen LogP contribution is -2.13. The molecule has 4 heteroatoms. The lowest BCUT2D eigenvalue weighted by atomic mass is 10.1. The zero-order valence-corrected chi connectivity index (χ0v) is 18.5. The van der Waals surface area contributed by atoms with Crippen molar-refractivity contribution in [2.45, 2.75) is 0 Å². The van der Waals surface area contributed by atoms with Crippen LogP contribution in [0.25, 0.3) is 0 Å². The molecule has 5 aromatic carbocycles. The maximum Gasteiger partial charge on any atom is 0.117 e. The Labute approximate surface area is 199 Å². The van der Waals surface area contributed by atoms with Crippen LogP contribution in [0.2, 0.25) is 0 Å². The standard InChI is InChI=1S/C30H24N2O2/c33-29-18-8-16-27(21-29)31(23-10-3-1-4-11-23)25-14-7-15-26(20-25)32(24-12-5-2-6-13-24)28-17-9-19-30(34)22-28/h1-22,33-34H. The van der Waals surface area contributed by atoms with Crippen molar-refractivity contribution < 1.29 is 10.2 Å². The van der Waals surface area contributed by atoms with Crippen LogP contribution in [0.5, 0.6) is 11.5 Å². The lowest BCUT2D eigenvalue weighted by molar-refractivity contribution is 0.475. The molecule has 0 aliphatic rings. The normalized spacial score (nSPS) is 10.6. The fourth-order valence-electron chi connectivity index (χ4n) is 4.08. The van der Waals surface area contributed by atoms with Crippen LogP contribution >= 0.6 is 0 Å². The highest BCUT2D eigenvalue weighted by atomic mass is 16.3. The van der Waals surface area contributed by atoms with E-state index < -0.39 is 0 Å². The topological polar surface area (TPSA) is 46.9 Å². The molecule has 34 heavy (non-hydrogen) atoms. The summed E-state index contributed by atoms with van der Waals surface area (Å²) in [4.78, 5) is 4.21. The van der Waals surface area contributed by atoms with Gasteiger partial charge in [-0.2, -0.15) is 0 Å². The number of nitrogens with zero attached hydrogens (tertiary/aromatic N) is 2. The summed E-state index contributed by atoms with van der Waals surface area (Å²) in [5.41, 5.74) is 5.55. The van der Waals surface area contributed by atoms with E-state index in [9.17, 15) is 10.2 Å². The molecule has 166 valence electrons. The van der Waals surface area contributed by atoms with Crippen LogP contribution in [-0.2, 0) is 0 Å². The Morgan fingerprint density at radius 1 is 0.324 bits per heavy atom. The minimum Gasteiger partial charge on any atom is -0.508 e. The number of anilines is 6. The molecule has 0 saturated heterocycles. The first-order chi connectivity index (χ1) is 16.7. The van der Waals surface area contributed by atoms with E-state index in [2.05, 4.69) is 15.9 Å². The molecule has 0 saturated carbocycles. The number of phenolic OH excluding ortho intramolecular Hbond substituents is 2. The number of phenols is 2. The van der Waals surface area contributed by atoms with Gasteiger partial charge in [0.15, 0.2) is 0 Å². The Kier molecular flexibility index (Phi) is 5.87. The molecule has 0 atom stereocenters. The smallest absolute Gasteiger partial charge is 0.117 e. The Hall–Kier alpha value is -4.70. The summed E-state index contributed by atoms with van der Waals surface area (Å²) < 4.78 is 0. The largest absolute Gasteiger partial charge is 0.508 e. The maximum absolute atomic E-state index is 10.2. The summed E-state index contributed by atoms with van der Waals surface area (Å²) in [6.07, 6.45) is 0. The van der Waals surface area contributed by atoms with E-state index in [1.807, 2.05) is 103 Å². The number of benzene rings is 5. The van der Waals surface area contributed by atoms with E-state index in [0.717, 1.165) is 34.1 Å². The van der Waals surface area contributed by atoms with Crippen molar-refractivity contribution in [2.75, 3.05) is 9.80 Å². The molecule has 0 amide bonds. The monoisotopic (exact) mass is 444 g/mol. The van der Waals surface area contributed by atoms with Crippen molar-refractivity contribution in [3.05, 3.63) is 133 Å². The van der Waals surface area contributed by atoms with Crippen molar-refractivity contribution in [3.63, 3.8) is 0 Å². The highest BCUT2D eigenvalue weighted by Crippen LogP contribution is 2.41. The molecule has 2 N–H and O–H groups in total. The fourth-order valence-corrected chi connectivity index (χ4v) is 4.08. The first kappa shape index (κ1) is 21.2. The SMILES string of the molecule is Oc1cccc(N(c2ccccc2)c2cccc(N(c3ccccc3)c3cccc(O)c3)c2)c1. The zero-order valence-electron chi connectivity index (χ0n) is 18.5. The molecule has 0 bridgehead atoms. The quantitative estimate of drug-likeness (QED) is 0.278. The van der Waals surface area contributed by atoms with Crippen molar-refractivity contribution >= 4 is 34.1 Å². The number of hydrogen-bond acceptors (Lipinski definition) is 4. The van der Waals surface area contributed by atoms with Gasteiger partial charge in [0.2, 0.25) is 0 Å². The zero-order chi connectivity index (χ0) is 23.3. The summed E-state index contributed by atoms with van der Waals surface area (Å²) >= 11 is 0. The molecule has 0 heterocycles. The minimum absolute atomic E-state index is 0.209. The average molecular weight is 445 g/mol. The van der Waals surface area contributed by atoms with Gasteiger partial charge in [-0.05, 0) is 66.7 Å². The molecule has 0 fully saturated rings. The molecule has 0 aliphatic heterocycles. The van der Waals surface area contributed by atoms with Crippen LogP contribution in [0.1, 0.15) is 0 Å². The predicted molar refractivity (Wildman–Crippen MR) is 139 cm³/mol. The van der Waals surface area contributed by atoms with Gasteiger partial charge in [0.05, 0.1) is 0 Å². The van der Waals surface area contributed by atoms with E-state index in [-0.39, 0.29) is 11.5 Å². The molecule has 0 aliphatic carbocycles. The summed E-state index contributed by atoms with van der Waals surface area (Å²) in [5.74, 6) is 0.417. The highest BCUT2D eigenvalue weighted by Gasteiger charge is 2.17. The Morgan fingerprint density at radius 3 is 1.03 bits per heavy atom. The first-order valence-electron chi connectivity index (χ1n) is 11.1.